The number of hydrogen-bond donors (Lipinski definition) is 1. The third-order valence-corrected chi connectivity index (χ3v) is 2.43. The first-order valence-corrected chi connectivity index (χ1v) is 4.84. The predicted octanol–water partition coefficient (Wildman–Crippen LogP) is 2.29. The normalized spacial score (nSPS) is 10.6. The molecule has 0 amide bonds. The molecule has 0 aliphatic carbocycles. The maximum Gasteiger partial charge on any atom is 0.0283 e. The van der Waals surface area contributed by atoms with Crippen molar-refractivity contribution in [3.05, 3.63) is 35.4 Å². The third kappa shape index (κ3) is 2.16. The van der Waals surface area contributed by atoms with E-state index in [1.807, 2.05) is 25.1 Å². The summed E-state index contributed by atoms with van der Waals surface area (Å²) in [6.07, 6.45) is 0. The Labute approximate surface area is 86.3 Å². The Morgan fingerprint density at radius 2 is 1.93 bits per heavy atom. The Bertz CT molecular complexity index is 366. The van der Waals surface area contributed by atoms with Gasteiger partial charge >= 0.3 is 0 Å². The first-order valence-electron chi connectivity index (χ1n) is 4.84. The smallest absolute Gasteiger partial charge is 0.0283 e. The quantitative estimate of drug-likeness (QED) is 0.706. The molecule has 74 valence electrons. The highest BCUT2D eigenvalue weighted by atomic mass is 14.6. The van der Waals surface area contributed by atoms with Gasteiger partial charge in [0.05, 0.1) is 0 Å². The van der Waals surface area contributed by atoms with Crippen LogP contribution in [0.15, 0.2) is 24.3 Å². The molecular formula is C13H17N. The summed E-state index contributed by atoms with van der Waals surface area (Å²) in [5.74, 6) is 6.04. The van der Waals surface area contributed by atoms with Crippen molar-refractivity contribution in [3.63, 3.8) is 0 Å². The molecule has 0 saturated carbocycles. The molecule has 0 saturated heterocycles. The fraction of sp³-hybridized carbons (Fsp3) is 0.385. The summed E-state index contributed by atoms with van der Waals surface area (Å²) < 4.78 is 0. The molecule has 0 bridgehead atoms. The molecule has 2 N–H and O–H groups in total. The van der Waals surface area contributed by atoms with Gasteiger partial charge in [-0.2, -0.15) is 0 Å². The molecular weight excluding hydrogens is 170 g/mol. The lowest BCUT2D eigenvalue weighted by Gasteiger charge is -2.24. The van der Waals surface area contributed by atoms with E-state index >= 15 is 0 Å². The average molecular weight is 187 g/mol. The highest BCUT2D eigenvalue weighted by molar-refractivity contribution is 5.44. The van der Waals surface area contributed by atoms with Crippen LogP contribution < -0.4 is 5.73 Å². The lowest BCUT2D eigenvalue weighted by atomic mass is 9.82. The van der Waals surface area contributed by atoms with Crippen LogP contribution in [-0.4, -0.2) is 6.54 Å². The fourth-order valence-electron chi connectivity index (χ4n) is 1.43. The monoisotopic (exact) mass is 187 g/mol. The topological polar surface area (TPSA) is 26.0 Å². The van der Waals surface area contributed by atoms with Crippen molar-refractivity contribution >= 4 is 0 Å². The highest BCUT2D eigenvalue weighted by Crippen LogP contribution is 2.24. The number of nitrogens with two attached hydrogens (primary N) is 1. The molecule has 0 aliphatic rings. The summed E-state index contributed by atoms with van der Waals surface area (Å²) in [4.78, 5) is 0. The maximum atomic E-state index is 5.76. The Morgan fingerprint density at radius 3 is 2.50 bits per heavy atom. The van der Waals surface area contributed by atoms with Crippen molar-refractivity contribution in [1.29, 1.82) is 0 Å². The third-order valence-electron chi connectivity index (χ3n) is 2.43. The van der Waals surface area contributed by atoms with Gasteiger partial charge in [-0.1, -0.05) is 38.0 Å². The zero-order valence-electron chi connectivity index (χ0n) is 9.09. The standard InChI is InChI=1S/C13H17N/c1-4-7-11-8-5-6-9-12(11)13(2,3)10-14/h5-6,8-9H,10,14H2,1-3H3. The van der Waals surface area contributed by atoms with Gasteiger partial charge < -0.3 is 5.73 Å². The van der Waals surface area contributed by atoms with E-state index in [-0.39, 0.29) is 5.41 Å². The van der Waals surface area contributed by atoms with Gasteiger partial charge in [-0.25, -0.2) is 0 Å². The lowest BCUT2D eigenvalue weighted by molar-refractivity contribution is 0.538. The van der Waals surface area contributed by atoms with Crippen LogP contribution in [-0.2, 0) is 5.41 Å². The molecule has 14 heavy (non-hydrogen) atoms. The zero-order chi connectivity index (χ0) is 10.6. The summed E-state index contributed by atoms with van der Waals surface area (Å²) in [5, 5.41) is 0. The summed E-state index contributed by atoms with van der Waals surface area (Å²) in [5.41, 5.74) is 8.08. The van der Waals surface area contributed by atoms with Crippen molar-refractivity contribution in [3.8, 4) is 11.8 Å². The van der Waals surface area contributed by atoms with Gasteiger partial charge in [-0.3, -0.25) is 0 Å². The van der Waals surface area contributed by atoms with E-state index in [2.05, 4.69) is 31.8 Å². The summed E-state index contributed by atoms with van der Waals surface area (Å²) in [6, 6.07) is 8.19. The van der Waals surface area contributed by atoms with Gasteiger partial charge in [0.15, 0.2) is 0 Å². The molecule has 1 heteroatoms. The molecule has 0 aromatic heterocycles. The van der Waals surface area contributed by atoms with Crippen molar-refractivity contribution in [1.82, 2.24) is 0 Å². The summed E-state index contributed by atoms with van der Waals surface area (Å²) in [7, 11) is 0. The molecule has 1 rings (SSSR count). The molecule has 1 aromatic rings. The SMILES string of the molecule is CC#Cc1ccccc1C(C)(C)CN. The summed E-state index contributed by atoms with van der Waals surface area (Å²) >= 11 is 0. The van der Waals surface area contributed by atoms with Gasteiger partial charge in [-0.15, -0.1) is 5.92 Å². The Balaban J connectivity index is 3.24. The highest BCUT2D eigenvalue weighted by Gasteiger charge is 2.20. The van der Waals surface area contributed by atoms with Gasteiger partial charge in [0.2, 0.25) is 0 Å². The van der Waals surface area contributed by atoms with E-state index in [9.17, 15) is 0 Å². The molecule has 0 fully saturated rings. The van der Waals surface area contributed by atoms with Gasteiger partial charge in [-0.05, 0) is 18.6 Å². The minimum atomic E-state index is 0.000440. The van der Waals surface area contributed by atoms with Crippen LogP contribution in [0, 0.1) is 11.8 Å². The van der Waals surface area contributed by atoms with E-state index in [1.54, 1.807) is 0 Å². The molecule has 0 aliphatic heterocycles. The first-order chi connectivity index (χ1) is 6.61. The van der Waals surface area contributed by atoms with E-state index in [0.29, 0.717) is 6.54 Å². The van der Waals surface area contributed by atoms with E-state index in [1.165, 1.54) is 5.56 Å². The van der Waals surface area contributed by atoms with Crippen LogP contribution in [0.2, 0.25) is 0 Å². The van der Waals surface area contributed by atoms with Crippen molar-refractivity contribution in [2.45, 2.75) is 26.2 Å². The van der Waals surface area contributed by atoms with Crippen molar-refractivity contribution in [2.75, 3.05) is 6.54 Å². The maximum absolute atomic E-state index is 5.76. The second-order valence-corrected chi connectivity index (χ2v) is 4.01. The zero-order valence-corrected chi connectivity index (χ0v) is 9.09. The van der Waals surface area contributed by atoms with Gasteiger partial charge in [0.1, 0.15) is 0 Å². The average Bonchev–Trinajstić information content (AvgIpc) is 2.19. The van der Waals surface area contributed by atoms with Gasteiger partial charge in [0, 0.05) is 17.5 Å². The van der Waals surface area contributed by atoms with Crippen LogP contribution in [0.25, 0.3) is 0 Å². The van der Waals surface area contributed by atoms with Crippen LogP contribution in [0.1, 0.15) is 31.9 Å². The lowest BCUT2D eigenvalue weighted by Crippen LogP contribution is -2.28. The van der Waals surface area contributed by atoms with Crippen molar-refractivity contribution in [2.24, 2.45) is 5.73 Å². The Morgan fingerprint density at radius 1 is 1.29 bits per heavy atom. The minimum absolute atomic E-state index is 0.000440. The van der Waals surface area contributed by atoms with E-state index in [0.717, 1.165) is 5.56 Å². The van der Waals surface area contributed by atoms with Crippen molar-refractivity contribution < 1.29 is 0 Å². The largest absolute Gasteiger partial charge is 0.330 e. The fourth-order valence-corrected chi connectivity index (χ4v) is 1.43. The first kappa shape index (κ1) is 10.8. The predicted molar refractivity (Wildman–Crippen MR) is 61.1 cm³/mol. The molecule has 0 spiro atoms. The van der Waals surface area contributed by atoms with E-state index in [4.69, 9.17) is 5.73 Å². The van der Waals surface area contributed by atoms with Crippen LogP contribution >= 0.6 is 0 Å². The number of rotatable bonds is 2. The number of benzene rings is 1. The van der Waals surface area contributed by atoms with E-state index < -0.39 is 0 Å². The second kappa shape index (κ2) is 4.30. The second-order valence-electron chi connectivity index (χ2n) is 4.01. The molecule has 0 unspecified atom stereocenters. The van der Waals surface area contributed by atoms with Crippen LogP contribution in [0.5, 0.6) is 0 Å². The molecule has 1 aromatic carbocycles. The molecule has 0 heterocycles. The Kier molecular flexibility index (Phi) is 3.33. The molecule has 0 atom stereocenters. The van der Waals surface area contributed by atoms with Crippen LogP contribution in [0.4, 0.5) is 0 Å². The van der Waals surface area contributed by atoms with Gasteiger partial charge in [0.25, 0.3) is 0 Å². The minimum Gasteiger partial charge on any atom is -0.330 e. The van der Waals surface area contributed by atoms with Crippen LogP contribution in [0.3, 0.4) is 0 Å². The molecule has 1 nitrogen and oxygen atoms in total. The summed E-state index contributed by atoms with van der Waals surface area (Å²) in [6.45, 7) is 6.77. The molecule has 0 radical (unpaired) electrons. The number of hydrogen-bond acceptors (Lipinski definition) is 1. The Hall–Kier alpha value is -1.26.